The molecule has 2 heterocycles. The number of nitrogens with zero attached hydrogens (tertiary/aromatic N) is 2. The molecular weight excluding hydrogens is 406 g/mol. The minimum absolute atomic E-state index is 0.00579. The van der Waals surface area contributed by atoms with Crippen molar-refractivity contribution >= 4 is 28.5 Å². The molecule has 7 heteroatoms. The molecule has 0 bridgehead atoms. The standard InChI is InChI=1S/C25H31N3O4/c1-16(2)23(30)26-18-8-5-13-27(15-18)25(32)21-10-6-14-28(21)24(31)20-12-11-17-7-3-4-9-19(17)22(20)29/h3-4,7,9,11-12,16,18,21,29H,5-6,8,10,13-15H2,1-2H3,(H,26,30). The minimum Gasteiger partial charge on any atom is -0.506 e. The summed E-state index contributed by atoms with van der Waals surface area (Å²) >= 11 is 0. The van der Waals surface area contributed by atoms with Gasteiger partial charge in [0, 0.05) is 37.0 Å². The van der Waals surface area contributed by atoms with E-state index in [1.807, 2.05) is 38.1 Å². The fraction of sp³-hybridized carbons (Fsp3) is 0.480. The van der Waals surface area contributed by atoms with Gasteiger partial charge < -0.3 is 20.2 Å². The number of benzene rings is 2. The lowest BCUT2D eigenvalue weighted by atomic mass is 10.0. The zero-order valence-electron chi connectivity index (χ0n) is 18.7. The molecular formula is C25H31N3O4. The highest BCUT2D eigenvalue weighted by molar-refractivity contribution is 6.05. The highest BCUT2D eigenvalue weighted by atomic mass is 16.3. The zero-order valence-corrected chi connectivity index (χ0v) is 18.7. The van der Waals surface area contributed by atoms with Crippen LogP contribution in [0.15, 0.2) is 36.4 Å². The second kappa shape index (κ2) is 9.18. The van der Waals surface area contributed by atoms with Crippen LogP contribution in [-0.4, -0.2) is 64.3 Å². The smallest absolute Gasteiger partial charge is 0.258 e. The lowest BCUT2D eigenvalue weighted by Gasteiger charge is -2.36. The molecule has 2 N–H and O–H groups in total. The van der Waals surface area contributed by atoms with Gasteiger partial charge in [-0.2, -0.15) is 0 Å². The van der Waals surface area contributed by atoms with Crippen molar-refractivity contribution in [1.82, 2.24) is 15.1 Å². The van der Waals surface area contributed by atoms with E-state index in [0.717, 1.165) is 24.6 Å². The summed E-state index contributed by atoms with van der Waals surface area (Å²) in [6, 6.07) is 10.2. The van der Waals surface area contributed by atoms with Crippen molar-refractivity contribution < 1.29 is 19.5 Å². The molecule has 0 aliphatic carbocycles. The van der Waals surface area contributed by atoms with Gasteiger partial charge >= 0.3 is 0 Å². The molecule has 2 fully saturated rings. The van der Waals surface area contributed by atoms with E-state index < -0.39 is 6.04 Å². The van der Waals surface area contributed by atoms with Gasteiger partial charge in [-0.05, 0) is 37.1 Å². The number of hydrogen-bond acceptors (Lipinski definition) is 4. The van der Waals surface area contributed by atoms with E-state index in [1.165, 1.54) is 0 Å². The first kappa shape index (κ1) is 22.1. The number of piperidine rings is 1. The van der Waals surface area contributed by atoms with E-state index in [0.29, 0.717) is 31.4 Å². The molecule has 0 saturated carbocycles. The predicted molar refractivity (Wildman–Crippen MR) is 122 cm³/mol. The summed E-state index contributed by atoms with van der Waals surface area (Å²) < 4.78 is 0. The average Bonchev–Trinajstić information content (AvgIpc) is 3.28. The van der Waals surface area contributed by atoms with Crippen LogP contribution in [-0.2, 0) is 9.59 Å². The number of hydrogen-bond donors (Lipinski definition) is 2. The van der Waals surface area contributed by atoms with Crippen LogP contribution in [0, 0.1) is 5.92 Å². The summed E-state index contributed by atoms with van der Waals surface area (Å²) in [6.07, 6.45) is 3.03. The molecule has 0 radical (unpaired) electrons. The first-order chi connectivity index (χ1) is 15.4. The van der Waals surface area contributed by atoms with Gasteiger partial charge in [0.2, 0.25) is 11.8 Å². The Labute approximate surface area is 188 Å². The summed E-state index contributed by atoms with van der Waals surface area (Å²) in [7, 11) is 0. The van der Waals surface area contributed by atoms with Gasteiger partial charge in [-0.25, -0.2) is 0 Å². The Bertz CT molecular complexity index is 1040. The Kier molecular flexibility index (Phi) is 6.35. The largest absolute Gasteiger partial charge is 0.506 e. The number of phenolic OH excluding ortho intramolecular Hbond substituents is 1. The number of fused-ring (bicyclic) bond motifs is 1. The van der Waals surface area contributed by atoms with E-state index in [9.17, 15) is 19.5 Å². The number of likely N-dealkylation sites (tertiary alicyclic amines) is 2. The molecule has 3 amide bonds. The molecule has 32 heavy (non-hydrogen) atoms. The normalized spacial score (nSPS) is 21.2. The van der Waals surface area contributed by atoms with E-state index in [-0.39, 0.29) is 41.0 Å². The molecule has 2 aromatic carbocycles. The monoisotopic (exact) mass is 437 g/mol. The van der Waals surface area contributed by atoms with E-state index in [4.69, 9.17) is 0 Å². The molecule has 170 valence electrons. The van der Waals surface area contributed by atoms with Crippen molar-refractivity contribution in [2.45, 2.75) is 51.6 Å². The summed E-state index contributed by atoms with van der Waals surface area (Å²) in [5, 5.41) is 15.3. The van der Waals surface area contributed by atoms with Crippen LogP contribution in [0.3, 0.4) is 0 Å². The van der Waals surface area contributed by atoms with Crippen LogP contribution >= 0.6 is 0 Å². The summed E-state index contributed by atoms with van der Waals surface area (Å²) in [5.74, 6) is -0.529. The quantitative estimate of drug-likeness (QED) is 0.770. The summed E-state index contributed by atoms with van der Waals surface area (Å²) in [4.78, 5) is 42.2. The summed E-state index contributed by atoms with van der Waals surface area (Å²) in [6.45, 7) is 5.29. The Morgan fingerprint density at radius 1 is 1.03 bits per heavy atom. The van der Waals surface area contributed by atoms with Gasteiger partial charge in [0.25, 0.3) is 5.91 Å². The Hall–Kier alpha value is -3.09. The number of amides is 3. The Balaban J connectivity index is 1.49. The minimum atomic E-state index is -0.534. The Morgan fingerprint density at radius 3 is 2.56 bits per heavy atom. The number of rotatable bonds is 4. The molecule has 2 unspecified atom stereocenters. The van der Waals surface area contributed by atoms with Crippen molar-refractivity contribution in [3.63, 3.8) is 0 Å². The predicted octanol–water partition coefficient (Wildman–Crippen LogP) is 2.91. The van der Waals surface area contributed by atoms with E-state index in [2.05, 4.69) is 5.32 Å². The van der Waals surface area contributed by atoms with Gasteiger partial charge in [-0.15, -0.1) is 0 Å². The maximum Gasteiger partial charge on any atom is 0.258 e. The Morgan fingerprint density at radius 2 is 1.78 bits per heavy atom. The number of carbonyl (C=O) groups is 3. The average molecular weight is 438 g/mol. The first-order valence-corrected chi connectivity index (χ1v) is 11.5. The highest BCUT2D eigenvalue weighted by Gasteiger charge is 2.39. The molecule has 2 aliphatic heterocycles. The molecule has 0 aromatic heterocycles. The van der Waals surface area contributed by atoms with Gasteiger partial charge in [0.15, 0.2) is 0 Å². The van der Waals surface area contributed by atoms with Gasteiger partial charge in [-0.1, -0.05) is 44.2 Å². The van der Waals surface area contributed by atoms with Crippen molar-refractivity contribution in [3.8, 4) is 5.75 Å². The molecule has 7 nitrogen and oxygen atoms in total. The van der Waals surface area contributed by atoms with E-state index in [1.54, 1.807) is 21.9 Å². The van der Waals surface area contributed by atoms with Crippen LogP contribution < -0.4 is 5.32 Å². The third-order valence-corrected chi connectivity index (χ3v) is 6.53. The molecule has 2 atom stereocenters. The lowest BCUT2D eigenvalue weighted by molar-refractivity contribution is -0.137. The van der Waals surface area contributed by atoms with Crippen molar-refractivity contribution in [2.24, 2.45) is 5.92 Å². The van der Waals surface area contributed by atoms with Gasteiger partial charge in [-0.3, -0.25) is 14.4 Å². The fourth-order valence-electron chi connectivity index (χ4n) is 4.72. The van der Waals surface area contributed by atoms with Crippen LogP contribution in [0.1, 0.15) is 49.9 Å². The molecule has 2 aliphatic rings. The second-order valence-electron chi connectivity index (χ2n) is 9.13. The summed E-state index contributed by atoms with van der Waals surface area (Å²) in [5.41, 5.74) is 0.226. The molecule has 0 spiro atoms. The second-order valence-corrected chi connectivity index (χ2v) is 9.13. The maximum absolute atomic E-state index is 13.4. The lowest BCUT2D eigenvalue weighted by Crippen LogP contribution is -2.55. The number of carbonyl (C=O) groups excluding carboxylic acids is 3. The van der Waals surface area contributed by atoms with Crippen LogP contribution in [0.4, 0.5) is 0 Å². The van der Waals surface area contributed by atoms with Gasteiger partial charge in [0.05, 0.1) is 5.56 Å². The van der Waals surface area contributed by atoms with Crippen molar-refractivity contribution in [2.75, 3.05) is 19.6 Å². The van der Waals surface area contributed by atoms with Crippen LogP contribution in [0.2, 0.25) is 0 Å². The maximum atomic E-state index is 13.4. The zero-order chi connectivity index (χ0) is 22.8. The van der Waals surface area contributed by atoms with E-state index >= 15 is 0 Å². The first-order valence-electron chi connectivity index (χ1n) is 11.5. The third kappa shape index (κ3) is 4.29. The molecule has 4 rings (SSSR count). The van der Waals surface area contributed by atoms with Crippen molar-refractivity contribution in [3.05, 3.63) is 42.0 Å². The molecule has 2 aromatic rings. The fourth-order valence-corrected chi connectivity index (χ4v) is 4.72. The molecule has 2 saturated heterocycles. The van der Waals surface area contributed by atoms with Crippen molar-refractivity contribution in [1.29, 1.82) is 0 Å². The topological polar surface area (TPSA) is 90.0 Å². The number of nitrogens with one attached hydrogen (secondary N) is 1. The third-order valence-electron chi connectivity index (χ3n) is 6.53. The van der Waals surface area contributed by atoms with Crippen LogP contribution in [0.5, 0.6) is 5.75 Å². The van der Waals surface area contributed by atoms with Gasteiger partial charge in [0.1, 0.15) is 11.8 Å². The number of phenols is 1. The highest BCUT2D eigenvalue weighted by Crippen LogP contribution is 2.32. The SMILES string of the molecule is CC(C)C(=O)NC1CCCN(C(=O)C2CCCN2C(=O)c2ccc3ccccc3c2O)C1. The number of aromatic hydroxyl groups is 1. The van der Waals surface area contributed by atoms with Crippen LogP contribution in [0.25, 0.3) is 10.8 Å².